The fraction of sp³-hybridized carbons (Fsp3) is 0.333. The van der Waals surface area contributed by atoms with E-state index in [1.807, 2.05) is 0 Å². The Hall–Kier alpha value is -2.84. The molecule has 0 fully saturated rings. The Bertz CT molecular complexity index is 918. The summed E-state index contributed by atoms with van der Waals surface area (Å²) in [5.41, 5.74) is -1.90. The summed E-state index contributed by atoms with van der Waals surface area (Å²) in [4.78, 5) is 50.5. The topological polar surface area (TPSA) is 118 Å². The number of aryl methyl sites for hydroxylation is 1. The van der Waals surface area contributed by atoms with Gasteiger partial charge in [0.2, 0.25) is 11.3 Å². The van der Waals surface area contributed by atoms with E-state index in [1.54, 1.807) is 7.05 Å². The van der Waals surface area contributed by atoms with Gasteiger partial charge in [-0.1, -0.05) is 0 Å². The number of carbonyl (C=O) groups excluding carboxylic acids is 1. The van der Waals surface area contributed by atoms with E-state index in [1.165, 1.54) is 21.0 Å². The minimum absolute atomic E-state index is 0.0618. The molecule has 0 aliphatic heterocycles. The molecular weight excluding hydrogens is 278 g/mol. The van der Waals surface area contributed by atoms with Crippen molar-refractivity contribution in [1.82, 2.24) is 14.1 Å². The molecule has 0 aromatic carbocycles. The van der Waals surface area contributed by atoms with Crippen LogP contribution in [-0.4, -0.2) is 27.1 Å². The van der Waals surface area contributed by atoms with Crippen molar-refractivity contribution in [2.75, 3.05) is 17.7 Å². The van der Waals surface area contributed by atoms with E-state index in [0.29, 0.717) is 0 Å². The zero-order valence-corrected chi connectivity index (χ0v) is 12.0. The molecule has 0 spiro atoms. The molecule has 2 rings (SSSR count). The molecular formula is C12H15N5O4. The molecule has 1 amide bonds. The van der Waals surface area contributed by atoms with E-state index >= 15 is 0 Å². The van der Waals surface area contributed by atoms with Crippen LogP contribution in [0.5, 0.6) is 0 Å². The van der Waals surface area contributed by atoms with Crippen molar-refractivity contribution in [1.29, 1.82) is 0 Å². The van der Waals surface area contributed by atoms with Gasteiger partial charge >= 0.3 is 5.69 Å². The van der Waals surface area contributed by atoms with Crippen LogP contribution >= 0.6 is 0 Å². The fourth-order valence-electron chi connectivity index (χ4n) is 2.10. The van der Waals surface area contributed by atoms with Gasteiger partial charge in [-0.3, -0.25) is 23.5 Å². The lowest BCUT2D eigenvalue weighted by molar-refractivity contribution is -0.114. The van der Waals surface area contributed by atoms with E-state index < -0.39 is 22.6 Å². The van der Waals surface area contributed by atoms with Gasteiger partial charge in [-0.15, -0.1) is 0 Å². The molecule has 9 nitrogen and oxygen atoms in total. The van der Waals surface area contributed by atoms with Gasteiger partial charge in [-0.05, 0) is 0 Å². The molecule has 0 bridgehead atoms. The maximum Gasteiger partial charge on any atom is 0.332 e. The monoisotopic (exact) mass is 293 g/mol. The minimum Gasteiger partial charge on any atom is -0.373 e. The van der Waals surface area contributed by atoms with E-state index in [0.717, 1.165) is 9.13 Å². The third-order valence-corrected chi connectivity index (χ3v) is 3.16. The highest BCUT2D eigenvalue weighted by Crippen LogP contribution is 2.16. The van der Waals surface area contributed by atoms with Crippen LogP contribution < -0.4 is 27.3 Å². The molecule has 2 aromatic heterocycles. The predicted molar refractivity (Wildman–Crippen MR) is 78.9 cm³/mol. The van der Waals surface area contributed by atoms with Crippen molar-refractivity contribution in [3.05, 3.63) is 31.1 Å². The van der Waals surface area contributed by atoms with Crippen LogP contribution in [0.3, 0.4) is 0 Å². The quantitative estimate of drug-likeness (QED) is 0.651. The molecule has 0 unspecified atom stereocenters. The first-order valence-electron chi connectivity index (χ1n) is 6.11. The molecule has 9 heteroatoms. The molecule has 2 aromatic rings. The first-order valence-corrected chi connectivity index (χ1v) is 6.11. The molecule has 112 valence electrons. The van der Waals surface area contributed by atoms with Gasteiger partial charge in [0.15, 0.2) is 0 Å². The Labute approximate surface area is 118 Å². The van der Waals surface area contributed by atoms with Crippen molar-refractivity contribution in [3.63, 3.8) is 0 Å². The number of aromatic nitrogens is 3. The molecule has 3 N–H and O–H groups in total. The van der Waals surface area contributed by atoms with Gasteiger partial charge in [-0.25, -0.2) is 4.79 Å². The number of hydrogen-bond donors (Lipinski definition) is 3. The van der Waals surface area contributed by atoms with Crippen molar-refractivity contribution >= 4 is 28.4 Å². The fourth-order valence-corrected chi connectivity index (χ4v) is 2.10. The first-order chi connectivity index (χ1) is 9.79. The Balaban J connectivity index is 3.09. The average molecular weight is 293 g/mol. The van der Waals surface area contributed by atoms with Gasteiger partial charge in [0.1, 0.15) is 22.5 Å². The second kappa shape index (κ2) is 4.93. The third-order valence-electron chi connectivity index (χ3n) is 3.16. The number of pyridine rings is 1. The van der Waals surface area contributed by atoms with Crippen molar-refractivity contribution in [2.45, 2.75) is 6.92 Å². The van der Waals surface area contributed by atoms with Gasteiger partial charge in [0, 0.05) is 28.1 Å². The number of amides is 1. The lowest BCUT2D eigenvalue weighted by atomic mass is 10.2. The number of hydrogen-bond acceptors (Lipinski definition) is 5. The minimum atomic E-state index is -0.719. The number of nitrogens with zero attached hydrogens (tertiary/aromatic N) is 2. The maximum atomic E-state index is 12.5. The standard InChI is InChI=1S/C12H15N5O4/c1-5(18)14-7-8(19)6-10(15-9(7)13-2)16(3)12(21)17(4)11(6)20/h1-4H3,(H,14,18)(H2,13,15,19). The van der Waals surface area contributed by atoms with Crippen LogP contribution in [0.1, 0.15) is 6.92 Å². The van der Waals surface area contributed by atoms with E-state index in [9.17, 15) is 19.2 Å². The summed E-state index contributed by atoms with van der Waals surface area (Å²) >= 11 is 0. The molecule has 0 saturated heterocycles. The van der Waals surface area contributed by atoms with E-state index in [2.05, 4.69) is 15.6 Å². The number of nitrogens with one attached hydrogen (secondary N) is 3. The molecule has 2 heterocycles. The maximum absolute atomic E-state index is 12.5. The van der Waals surface area contributed by atoms with Crippen LogP contribution in [0.4, 0.5) is 11.5 Å². The molecule has 21 heavy (non-hydrogen) atoms. The van der Waals surface area contributed by atoms with Gasteiger partial charge in [0.25, 0.3) is 5.56 Å². The number of carbonyl (C=O) groups is 1. The van der Waals surface area contributed by atoms with Gasteiger partial charge in [0.05, 0.1) is 0 Å². The summed E-state index contributed by atoms with van der Waals surface area (Å²) in [5.74, 6) is -0.232. The van der Waals surface area contributed by atoms with E-state index in [4.69, 9.17) is 0 Å². The molecule has 0 atom stereocenters. The number of H-pyrrole nitrogens is 1. The van der Waals surface area contributed by atoms with Crippen molar-refractivity contribution in [2.24, 2.45) is 14.1 Å². The van der Waals surface area contributed by atoms with Crippen LogP contribution in [-0.2, 0) is 18.9 Å². The van der Waals surface area contributed by atoms with Gasteiger partial charge < -0.3 is 15.6 Å². The molecule has 0 aliphatic carbocycles. The number of anilines is 2. The van der Waals surface area contributed by atoms with Crippen LogP contribution in [0.15, 0.2) is 14.4 Å². The predicted octanol–water partition coefficient (Wildman–Crippen LogP) is -1.07. The number of fused-ring (bicyclic) bond motifs is 1. The number of rotatable bonds is 2. The molecule has 0 radical (unpaired) electrons. The third kappa shape index (κ3) is 2.12. The Morgan fingerprint density at radius 1 is 1.14 bits per heavy atom. The highest BCUT2D eigenvalue weighted by Gasteiger charge is 2.18. The summed E-state index contributed by atoms with van der Waals surface area (Å²) in [6.45, 7) is 1.25. The summed E-state index contributed by atoms with van der Waals surface area (Å²) in [6.07, 6.45) is 0. The average Bonchev–Trinajstić information content (AvgIpc) is 2.44. The number of aromatic amines is 1. The molecule has 0 saturated carbocycles. The smallest absolute Gasteiger partial charge is 0.332 e. The zero-order chi connectivity index (χ0) is 15.9. The Morgan fingerprint density at radius 2 is 1.76 bits per heavy atom. The second-order valence-corrected chi connectivity index (χ2v) is 4.56. The van der Waals surface area contributed by atoms with Crippen molar-refractivity contribution < 1.29 is 4.79 Å². The van der Waals surface area contributed by atoms with Crippen LogP contribution in [0, 0.1) is 0 Å². The first kappa shape index (κ1) is 14.6. The Kier molecular flexibility index (Phi) is 3.42. The highest BCUT2D eigenvalue weighted by molar-refractivity contribution is 5.95. The normalized spacial score (nSPS) is 10.7. The summed E-state index contributed by atoms with van der Waals surface area (Å²) in [5, 5.41) is 4.91. The summed E-state index contributed by atoms with van der Waals surface area (Å²) < 4.78 is 2.00. The van der Waals surface area contributed by atoms with Crippen LogP contribution in [0.2, 0.25) is 0 Å². The summed E-state index contributed by atoms with van der Waals surface area (Å²) in [7, 11) is 4.27. The zero-order valence-electron chi connectivity index (χ0n) is 12.0. The van der Waals surface area contributed by atoms with Crippen molar-refractivity contribution in [3.8, 4) is 0 Å². The second-order valence-electron chi connectivity index (χ2n) is 4.56. The summed E-state index contributed by atoms with van der Waals surface area (Å²) in [6, 6.07) is 0. The van der Waals surface area contributed by atoms with Gasteiger partial charge in [-0.2, -0.15) is 0 Å². The lowest BCUT2D eigenvalue weighted by Crippen LogP contribution is -2.40. The molecule has 0 aliphatic rings. The lowest BCUT2D eigenvalue weighted by Gasteiger charge is -2.13. The largest absolute Gasteiger partial charge is 0.373 e. The van der Waals surface area contributed by atoms with E-state index in [-0.39, 0.29) is 22.5 Å². The Morgan fingerprint density at radius 3 is 2.29 bits per heavy atom. The SMILES string of the molecule is CNc1[nH]c2c(c(=O)c1NC(C)=O)c(=O)n(C)c(=O)n2C. The van der Waals surface area contributed by atoms with Crippen LogP contribution in [0.25, 0.3) is 11.0 Å². The highest BCUT2D eigenvalue weighted by atomic mass is 16.2.